The molecule has 1 aromatic carbocycles. The number of benzene rings is 1. The van der Waals surface area contributed by atoms with Crippen LogP contribution in [0.25, 0.3) is 0 Å². The van der Waals surface area contributed by atoms with E-state index in [1.807, 2.05) is 18.2 Å². The first-order valence-corrected chi connectivity index (χ1v) is 7.10. The van der Waals surface area contributed by atoms with E-state index in [0.29, 0.717) is 0 Å². The fourth-order valence-electron chi connectivity index (χ4n) is 1.58. The fraction of sp³-hybridized carbons (Fsp3) is 0.538. The molecule has 3 heteroatoms. The van der Waals surface area contributed by atoms with Crippen LogP contribution in [0, 0.1) is 0 Å². The second-order valence-corrected chi connectivity index (χ2v) is 5.26. The van der Waals surface area contributed by atoms with Gasteiger partial charge in [0.25, 0.3) is 0 Å². The Bertz CT molecular complexity index is 315. The van der Waals surface area contributed by atoms with Gasteiger partial charge in [-0.2, -0.15) is 0 Å². The van der Waals surface area contributed by atoms with Gasteiger partial charge >= 0.3 is 0 Å². The van der Waals surface area contributed by atoms with Crippen LogP contribution in [-0.4, -0.2) is 6.54 Å². The minimum absolute atomic E-state index is 0.764. The molecule has 1 N–H and O–H groups in total. The lowest BCUT2D eigenvalue weighted by Gasteiger charge is -2.08. The van der Waals surface area contributed by atoms with Gasteiger partial charge in [0.05, 0.1) is 0 Å². The minimum Gasteiger partial charge on any atom is -0.384 e. The summed E-state index contributed by atoms with van der Waals surface area (Å²) in [6.07, 6.45) is 6.54. The zero-order chi connectivity index (χ0) is 11.8. The van der Waals surface area contributed by atoms with Gasteiger partial charge in [0.15, 0.2) is 0 Å². The molecule has 0 amide bonds. The summed E-state index contributed by atoms with van der Waals surface area (Å²) in [5, 5.41) is 4.18. The summed E-state index contributed by atoms with van der Waals surface area (Å²) >= 11 is 9.37. The van der Waals surface area contributed by atoms with Gasteiger partial charge in [-0.25, -0.2) is 0 Å². The predicted molar refractivity (Wildman–Crippen MR) is 76.4 cm³/mol. The molecule has 0 saturated heterocycles. The standard InChI is InChI=1S/C13H19BrClN/c1-2-3-4-5-6-9-16-13-8-7-11(15)10-12(13)14/h7-8,10,16H,2-6,9H2,1H3. The lowest BCUT2D eigenvalue weighted by atomic mass is 10.1. The molecular formula is C13H19BrClN. The molecule has 0 aliphatic carbocycles. The van der Waals surface area contributed by atoms with Crippen molar-refractivity contribution in [2.75, 3.05) is 11.9 Å². The number of halogens is 2. The van der Waals surface area contributed by atoms with Gasteiger partial charge in [-0.1, -0.05) is 44.2 Å². The Morgan fingerprint density at radius 1 is 1.19 bits per heavy atom. The van der Waals surface area contributed by atoms with Gasteiger partial charge in [0, 0.05) is 21.7 Å². The van der Waals surface area contributed by atoms with Gasteiger partial charge in [0.2, 0.25) is 0 Å². The smallest absolute Gasteiger partial charge is 0.0485 e. The maximum absolute atomic E-state index is 5.88. The highest BCUT2D eigenvalue weighted by Crippen LogP contribution is 2.25. The van der Waals surface area contributed by atoms with Crippen molar-refractivity contribution in [1.29, 1.82) is 0 Å². The molecule has 1 aromatic rings. The Balaban J connectivity index is 2.21. The van der Waals surface area contributed by atoms with Crippen molar-refractivity contribution < 1.29 is 0 Å². The van der Waals surface area contributed by atoms with Crippen LogP contribution in [0.2, 0.25) is 5.02 Å². The third-order valence-corrected chi connectivity index (χ3v) is 3.42. The summed E-state index contributed by atoms with van der Waals surface area (Å²) in [7, 11) is 0. The highest BCUT2D eigenvalue weighted by atomic mass is 79.9. The Morgan fingerprint density at radius 2 is 1.94 bits per heavy atom. The summed E-state index contributed by atoms with van der Waals surface area (Å²) in [4.78, 5) is 0. The first-order valence-electron chi connectivity index (χ1n) is 5.93. The Labute approximate surface area is 112 Å². The van der Waals surface area contributed by atoms with Crippen molar-refractivity contribution in [1.82, 2.24) is 0 Å². The van der Waals surface area contributed by atoms with Gasteiger partial charge in [-0.05, 0) is 40.5 Å². The van der Waals surface area contributed by atoms with Crippen molar-refractivity contribution in [3.8, 4) is 0 Å². The normalized spacial score (nSPS) is 10.4. The van der Waals surface area contributed by atoms with Crippen LogP contribution in [0.15, 0.2) is 22.7 Å². The van der Waals surface area contributed by atoms with E-state index >= 15 is 0 Å². The summed E-state index contributed by atoms with van der Waals surface area (Å²) < 4.78 is 1.04. The second kappa shape index (κ2) is 7.97. The van der Waals surface area contributed by atoms with Gasteiger partial charge in [-0.15, -0.1) is 0 Å². The highest BCUT2D eigenvalue weighted by molar-refractivity contribution is 9.10. The molecule has 0 aliphatic heterocycles. The molecule has 0 bridgehead atoms. The number of rotatable bonds is 7. The summed E-state index contributed by atoms with van der Waals surface area (Å²) in [5.74, 6) is 0. The SMILES string of the molecule is CCCCCCCNc1ccc(Cl)cc1Br. The molecule has 0 saturated carbocycles. The third-order valence-electron chi connectivity index (χ3n) is 2.53. The van der Waals surface area contributed by atoms with Crippen LogP contribution in [0.1, 0.15) is 39.0 Å². The Kier molecular flexibility index (Phi) is 6.90. The van der Waals surface area contributed by atoms with E-state index in [9.17, 15) is 0 Å². The van der Waals surface area contributed by atoms with Gasteiger partial charge in [-0.3, -0.25) is 0 Å². The molecule has 0 fully saturated rings. The van der Waals surface area contributed by atoms with Crippen molar-refractivity contribution in [2.24, 2.45) is 0 Å². The maximum atomic E-state index is 5.88. The largest absolute Gasteiger partial charge is 0.384 e. The third kappa shape index (κ3) is 5.22. The zero-order valence-electron chi connectivity index (χ0n) is 9.73. The van der Waals surface area contributed by atoms with Crippen molar-refractivity contribution >= 4 is 33.2 Å². The molecule has 16 heavy (non-hydrogen) atoms. The molecule has 0 radical (unpaired) electrons. The van der Waals surface area contributed by atoms with E-state index in [4.69, 9.17) is 11.6 Å². The number of hydrogen-bond donors (Lipinski definition) is 1. The van der Waals surface area contributed by atoms with Crippen molar-refractivity contribution in [2.45, 2.75) is 39.0 Å². The Hall–Kier alpha value is -0.210. The molecule has 0 spiro atoms. The first kappa shape index (κ1) is 13.9. The minimum atomic E-state index is 0.764. The number of hydrogen-bond acceptors (Lipinski definition) is 1. The lowest BCUT2D eigenvalue weighted by Crippen LogP contribution is -2.01. The van der Waals surface area contributed by atoms with E-state index in [1.54, 1.807) is 0 Å². The average Bonchev–Trinajstić information content (AvgIpc) is 2.26. The van der Waals surface area contributed by atoms with Gasteiger partial charge < -0.3 is 5.32 Å². The van der Waals surface area contributed by atoms with Gasteiger partial charge in [0.1, 0.15) is 0 Å². The summed E-state index contributed by atoms with van der Waals surface area (Å²) in [6, 6.07) is 5.84. The van der Waals surface area contributed by atoms with Crippen LogP contribution in [0.3, 0.4) is 0 Å². The molecule has 0 unspecified atom stereocenters. The Morgan fingerprint density at radius 3 is 2.62 bits per heavy atom. The fourth-order valence-corrected chi connectivity index (χ4v) is 2.41. The maximum Gasteiger partial charge on any atom is 0.0485 e. The number of anilines is 1. The van der Waals surface area contributed by atoms with Crippen molar-refractivity contribution in [3.63, 3.8) is 0 Å². The molecule has 1 nitrogen and oxygen atoms in total. The molecule has 0 heterocycles. The van der Waals surface area contributed by atoms with Crippen LogP contribution in [-0.2, 0) is 0 Å². The average molecular weight is 305 g/mol. The quantitative estimate of drug-likeness (QED) is 0.657. The zero-order valence-corrected chi connectivity index (χ0v) is 12.1. The predicted octanol–water partition coefficient (Wildman–Crippen LogP) is 5.48. The van der Waals surface area contributed by atoms with Crippen LogP contribution in [0.5, 0.6) is 0 Å². The number of nitrogens with one attached hydrogen (secondary N) is 1. The van der Waals surface area contributed by atoms with Crippen LogP contribution in [0.4, 0.5) is 5.69 Å². The van der Waals surface area contributed by atoms with E-state index < -0.39 is 0 Å². The molecule has 0 atom stereocenters. The van der Waals surface area contributed by atoms with E-state index in [-0.39, 0.29) is 0 Å². The van der Waals surface area contributed by atoms with E-state index in [0.717, 1.165) is 21.7 Å². The molecule has 0 aliphatic rings. The monoisotopic (exact) mass is 303 g/mol. The van der Waals surface area contributed by atoms with Crippen molar-refractivity contribution in [3.05, 3.63) is 27.7 Å². The summed E-state index contributed by atoms with van der Waals surface area (Å²) in [5.41, 5.74) is 1.12. The van der Waals surface area contributed by atoms with E-state index in [2.05, 4.69) is 28.2 Å². The lowest BCUT2D eigenvalue weighted by molar-refractivity contribution is 0.645. The first-order chi connectivity index (χ1) is 7.74. The molecule has 0 aromatic heterocycles. The topological polar surface area (TPSA) is 12.0 Å². The molecular weight excluding hydrogens is 286 g/mol. The summed E-state index contributed by atoms with van der Waals surface area (Å²) in [6.45, 7) is 3.27. The van der Waals surface area contributed by atoms with E-state index in [1.165, 1.54) is 32.1 Å². The van der Waals surface area contributed by atoms with Crippen LogP contribution < -0.4 is 5.32 Å². The number of unbranched alkanes of at least 4 members (excludes halogenated alkanes) is 4. The van der Waals surface area contributed by atoms with Crippen LogP contribution >= 0.6 is 27.5 Å². The molecule has 90 valence electrons. The highest BCUT2D eigenvalue weighted by Gasteiger charge is 1.99. The second-order valence-electron chi connectivity index (χ2n) is 3.97. The molecule has 1 rings (SSSR count).